The molecule has 0 saturated carbocycles. The Morgan fingerprint density at radius 3 is 1.29 bits per heavy atom. The second kappa shape index (κ2) is 6.22. The van der Waals surface area contributed by atoms with Crippen molar-refractivity contribution in [3.63, 3.8) is 0 Å². The number of hydrogen-bond acceptors (Lipinski definition) is 2. The average molecular weight is 269 g/mol. The van der Waals surface area contributed by atoms with Crippen LogP contribution in [0.3, 0.4) is 0 Å². The van der Waals surface area contributed by atoms with E-state index in [2.05, 4.69) is 0 Å². The molecule has 0 aromatic carbocycles. The van der Waals surface area contributed by atoms with Gasteiger partial charge >= 0.3 is 68.8 Å². The van der Waals surface area contributed by atoms with Crippen LogP contribution in [-0.4, -0.2) is 45.3 Å². The van der Waals surface area contributed by atoms with Crippen LogP contribution in [0, 0.1) is 0 Å². The summed E-state index contributed by atoms with van der Waals surface area (Å²) in [5, 5.41) is 0. The van der Waals surface area contributed by atoms with E-state index in [1.165, 1.54) is 0 Å². The van der Waals surface area contributed by atoms with E-state index in [1.54, 1.807) is 0 Å². The molecule has 0 aliphatic carbocycles. The molecule has 0 bridgehead atoms. The standard InChI is InChI=1S/Ca.Mo.2H2O.2O.Zn.2H/h;;2*1H2;;;;;/q2*+2;;;;;;2*-1/p-2. The van der Waals surface area contributed by atoms with E-state index in [0.717, 1.165) is 0 Å². The second-order valence-corrected chi connectivity index (χ2v) is 2.65. The van der Waals surface area contributed by atoms with E-state index in [1.807, 2.05) is 0 Å². The Labute approximate surface area is 89.7 Å². The topological polar surface area (TPSA) is 74.6 Å². The van der Waals surface area contributed by atoms with Crippen molar-refractivity contribution in [2.45, 2.75) is 0 Å². The molecule has 0 saturated heterocycles. The van der Waals surface area contributed by atoms with Gasteiger partial charge in [0.1, 0.15) is 0 Å². The van der Waals surface area contributed by atoms with Crippen LogP contribution in [0.15, 0.2) is 0 Å². The Morgan fingerprint density at radius 2 is 1.29 bits per heavy atom. The maximum atomic E-state index is 8.85. The first-order valence-corrected chi connectivity index (χ1v) is 4.13. The van der Waals surface area contributed by atoms with Crippen LogP contribution >= 0.6 is 0 Å². The summed E-state index contributed by atoms with van der Waals surface area (Å²) in [6, 6.07) is 0. The summed E-state index contributed by atoms with van der Waals surface area (Å²) < 4.78 is 32.0. The maximum absolute atomic E-state index is 8.85. The summed E-state index contributed by atoms with van der Waals surface area (Å²) in [7, 11) is 0. The Kier molecular flexibility index (Phi) is 14.2. The molecule has 0 heterocycles. The molecule has 0 radical (unpaired) electrons. The van der Waals surface area contributed by atoms with Crippen molar-refractivity contribution in [2.75, 3.05) is 0 Å². The van der Waals surface area contributed by atoms with Crippen LogP contribution in [0.5, 0.6) is 0 Å². The zero-order valence-electron chi connectivity index (χ0n) is 5.53. The first-order valence-electron chi connectivity index (χ1n) is 0.698. The van der Waals surface area contributed by atoms with E-state index in [0.29, 0.717) is 0 Å². The molecule has 0 atom stereocenters. The molecule has 0 aliphatic heterocycles. The van der Waals surface area contributed by atoms with Crippen molar-refractivity contribution in [1.29, 1.82) is 0 Å². The van der Waals surface area contributed by atoms with Gasteiger partial charge in [0.2, 0.25) is 0 Å². The van der Waals surface area contributed by atoms with Gasteiger partial charge in [0.15, 0.2) is 0 Å². The van der Waals surface area contributed by atoms with Gasteiger partial charge in [0, 0.05) is 19.5 Å². The maximum Gasteiger partial charge on any atom is 0 e. The zero-order chi connectivity index (χ0) is 4.50. The Bertz CT molecular complexity index is 102. The SMILES string of the molecule is [Ca+2].[H-].[H-].[O]=[Mo](=[O])([OH])[OH].[Zn]. The van der Waals surface area contributed by atoms with Gasteiger partial charge < -0.3 is 2.85 Å². The van der Waals surface area contributed by atoms with E-state index in [9.17, 15) is 0 Å². The number of rotatable bonds is 0. The minimum atomic E-state index is -5.52. The largest absolute Gasteiger partial charge is 0 e. The molecule has 7 heteroatoms. The van der Waals surface area contributed by atoms with E-state index in [4.69, 9.17) is 14.3 Å². The minimum absolute atomic E-state index is 0. The minimum Gasteiger partial charge on any atom is 0 e. The normalized spacial score (nSPS) is 8.29. The molecule has 0 aromatic rings. The molecule has 4 nitrogen and oxygen atoms in total. The van der Waals surface area contributed by atoms with Crippen LogP contribution in [0.2, 0.25) is 0 Å². The average Bonchev–Trinajstić information content (AvgIpc) is 0.722. The third-order valence-corrected chi connectivity index (χ3v) is 0. The molecule has 0 spiro atoms. The van der Waals surface area contributed by atoms with Crippen molar-refractivity contribution in [2.24, 2.45) is 0 Å². The van der Waals surface area contributed by atoms with Gasteiger partial charge in [-0.3, -0.25) is 0 Å². The first-order chi connectivity index (χ1) is 2.00. The van der Waals surface area contributed by atoms with Crippen LogP contribution < -0.4 is 0 Å². The second-order valence-electron chi connectivity index (χ2n) is 0.448. The van der Waals surface area contributed by atoms with E-state index >= 15 is 0 Å². The molecule has 0 amide bonds. The Balaban J connectivity index is -0.0000000133. The zero-order valence-corrected chi connectivity index (χ0v) is 10.7. The molecule has 0 aliphatic rings. The van der Waals surface area contributed by atoms with Crippen LogP contribution in [0.25, 0.3) is 0 Å². The molecular formula is H4CaMoO4Zn. The smallest absolute Gasteiger partial charge is 0 e. The van der Waals surface area contributed by atoms with E-state index < -0.39 is 16.7 Å². The molecule has 0 unspecified atom stereocenters. The van der Waals surface area contributed by atoms with Gasteiger partial charge in [-0.2, -0.15) is 0 Å². The fraction of sp³-hybridized carbons (Fsp3) is 0. The summed E-state index contributed by atoms with van der Waals surface area (Å²) in [5.41, 5.74) is 0. The molecule has 7 heavy (non-hydrogen) atoms. The van der Waals surface area contributed by atoms with Crippen molar-refractivity contribution in [3.05, 3.63) is 0 Å². The summed E-state index contributed by atoms with van der Waals surface area (Å²) in [4.78, 5) is 0. The summed E-state index contributed by atoms with van der Waals surface area (Å²) in [5.74, 6) is 0. The van der Waals surface area contributed by atoms with Crippen molar-refractivity contribution in [3.8, 4) is 0 Å². The van der Waals surface area contributed by atoms with Crippen molar-refractivity contribution in [1.82, 2.24) is 0 Å². The fourth-order valence-corrected chi connectivity index (χ4v) is 0. The Morgan fingerprint density at radius 1 is 1.29 bits per heavy atom. The molecular weight excluding hydrogens is 265 g/mol. The summed E-state index contributed by atoms with van der Waals surface area (Å²) in [6.07, 6.45) is 0. The summed E-state index contributed by atoms with van der Waals surface area (Å²) >= 11 is -5.52. The fourth-order valence-electron chi connectivity index (χ4n) is 0. The number of hydrogen-bond donors (Lipinski definition) is 2. The van der Waals surface area contributed by atoms with Gasteiger partial charge in [-0.15, -0.1) is 0 Å². The molecule has 0 fully saturated rings. The molecule has 0 aromatic heterocycles. The summed E-state index contributed by atoms with van der Waals surface area (Å²) in [6.45, 7) is 0. The first kappa shape index (κ1) is 16.0. The predicted octanol–water partition coefficient (Wildman–Crippen LogP) is -1.51. The van der Waals surface area contributed by atoms with Crippen LogP contribution in [0.4, 0.5) is 0 Å². The van der Waals surface area contributed by atoms with Crippen molar-refractivity contribution < 1.29 is 53.4 Å². The Hall–Kier alpha value is 2.09. The molecule has 38 valence electrons. The van der Waals surface area contributed by atoms with E-state index in [-0.39, 0.29) is 60.1 Å². The quantitative estimate of drug-likeness (QED) is 0.524. The van der Waals surface area contributed by atoms with Gasteiger partial charge in [-0.1, -0.05) is 0 Å². The van der Waals surface area contributed by atoms with Gasteiger partial charge in [-0.25, -0.2) is 0 Å². The van der Waals surface area contributed by atoms with Gasteiger partial charge in [-0.05, 0) is 0 Å². The monoisotopic (exact) mass is 270 g/mol. The third-order valence-electron chi connectivity index (χ3n) is 0. The van der Waals surface area contributed by atoms with Crippen molar-refractivity contribution >= 4 is 37.7 Å². The van der Waals surface area contributed by atoms with Crippen LogP contribution in [0.1, 0.15) is 2.85 Å². The van der Waals surface area contributed by atoms with Gasteiger partial charge in [0.25, 0.3) is 0 Å². The molecule has 0 rings (SSSR count). The van der Waals surface area contributed by atoms with Crippen LogP contribution in [-0.2, 0) is 43.0 Å². The third kappa shape index (κ3) is 68.6. The molecule has 2 N–H and O–H groups in total. The van der Waals surface area contributed by atoms with Gasteiger partial charge in [0.05, 0.1) is 0 Å². The predicted molar refractivity (Wildman–Crippen MR) is 13.8 cm³/mol.